The van der Waals surface area contributed by atoms with Gasteiger partial charge in [-0.25, -0.2) is 9.59 Å². The first kappa shape index (κ1) is 17.4. The van der Waals surface area contributed by atoms with Crippen LogP contribution < -0.4 is 10.6 Å². The van der Waals surface area contributed by atoms with E-state index in [2.05, 4.69) is 10.6 Å². The molecule has 0 saturated heterocycles. The second kappa shape index (κ2) is 8.07. The number of hydrogen-bond donors (Lipinski definition) is 3. The van der Waals surface area contributed by atoms with Crippen LogP contribution in [0.15, 0.2) is 48.5 Å². The van der Waals surface area contributed by atoms with Crippen molar-refractivity contribution in [1.29, 1.82) is 0 Å². The van der Waals surface area contributed by atoms with Gasteiger partial charge in [-0.3, -0.25) is 0 Å². The number of benzene rings is 2. The van der Waals surface area contributed by atoms with Crippen molar-refractivity contribution in [2.24, 2.45) is 0 Å². The molecule has 2 rings (SSSR count). The maximum Gasteiger partial charge on any atom is 0.338 e. The number of carbonyl (C=O) groups is 2. The summed E-state index contributed by atoms with van der Waals surface area (Å²) in [4.78, 5) is 22.4. The number of hydrogen-bond acceptors (Lipinski definition) is 4. The van der Waals surface area contributed by atoms with Crippen LogP contribution in [0.25, 0.3) is 0 Å². The Morgan fingerprint density at radius 2 is 1.42 bits per heavy atom. The summed E-state index contributed by atoms with van der Waals surface area (Å²) in [5, 5.41) is 15.1. The fourth-order valence-corrected chi connectivity index (χ4v) is 2.13. The number of carboxylic acids is 1. The van der Waals surface area contributed by atoms with E-state index in [0.717, 1.165) is 0 Å². The molecule has 0 amide bonds. The molecule has 0 radical (unpaired) electrons. The molecular formula is C17H16N2O4S. The molecule has 6 nitrogen and oxygen atoms in total. The highest BCUT2D eigenvalue weighted by molar-refractivity contribution is 7.80. The summed E-state index contributed by atoms with van der Waals surface area (Å²) < 4.78 is 4.92. The zero-order valence-corrected chi connectivity index (χ0v) is 13.7. The molecule has 0 aromatic heterocycles. The summed E-state index contributed by atoms with van der Waals surface area (Å²) in [6.07, 6.45) is 0. The first-order valence-corrected chi connectivity index (χ1v) is 7.59. The number of thiocarbonyl (C=S) groups is 1. The SMILES string of the molecule is CCOC(=O)c1ccc(NC(=S)Nc2ccc(C(=O)O)cc2)cc1. The van der Waals surface area contributed by atoms with Crippen LogP contribution >= 0.6 is 12.2 Å². The molecule has 0 heterocycles. The van der Waals surface area contributed by atoms with Crippen molar-refractivity contribution < 1.29 is 19.4 Å². The Kier molecular flexibility index (Phi) is 5.86. The van der Waals surface area contributed by atoms with Gasteiger partial charge < -0.3 is 20.5 Å². The van der Waals surface area contributed by atoms with Crippen LogP contribution in [-0.4, -0.2) is 28.8 Å². The molecule has 0 aliphatic rings. The molecule has 0 saturated carbocycles. The van der Waals surface area contributed by atoms with Gasteiger partial charge in [0.1, 0.15) is 0 Å². The van der Waals surface area contributed by atoms with E-state index in [1.165, 1.54) is 12.1 Å². The molecule has 0 bridgehead atoms. The van der Waals surface area contributed by atoms with Crippen LogP contribution in [-0.2, 0) is 4.74 Å². The lowest BCUT2D eigenvalue weighted by molar-refractivity contribution is 0.0526. The summed E-state index contributed by atoms with van der Waals surface area (Å²) in [5.74, 6) is -1.35. The Balaban J connectivity index is 1.94. The third kappa shape index (κ3) is 4.79. The van der Waals surface area contributed by atoms with Crippen molar-refractivity contribution >= 4 is 40.6 Å². The number of ether oxygens (including phenoxy) is 1. The highest BCUT2D eigenvalue weighted by atomic mass is 32.1. The van der Waals surface area contributed by atoms with Crippen LogP contribution in [0.2, 0.25) is 0 Å². The quantitative estimate of drug-likeness (QED) is 0.566. The lowest BCUT2D eigenvalue weighted by Gasteiger charge is -2.11. The number of anilines is 2. The van der Waals surface area contributed by atoms with Gasteiger partial charge in [-0.1, -0.05) is 0 Å². The predicted octanol–water partition coefficient (Wildman–Crippen LogP) is 3.37. The zero-order valence-electron chi connectivity index (χ0n) is 12.9. The van der Waals surface area contributed by atoms with E-state index in [9.17, 15) is 9.59 Å². The molecule has 0 fully saturated rings. The van der Waals surface area contributed by atoms with Crippen molar-refractivity contribution in [3.05, 3.63) is 59.7 Å². The van der Waals surface area contributed by atoms with Crippen LogP contribution in [0, 0.1) is 0 Å². The van der Waals surface area contributed by atoms with Gasteiger partial charge in [0, 0.05) is 11.4 Å². The standard InChI is InChI=1S/C17H16N2O4S/c1-2-23-16(22)12-5-9-14(10-6-12)19-17(24)18-13-7-3-11(4-8-13)15(20)21/h3-10H,2H2,1H3,(H,20,21)(H2,18,19,24). The third-order valence-electron chi connectivity index (χ3n) is 3.04. The van der Waals surface area contributed by atoms with Gasteiger partial charge in [0.2, 0.25) is 0 Å². The van der Waals surface area contributed by atoms with Gasteiger partial charge in [-0.05, 0) is 67.7 Å². The number of nitrogens with one attached hydrogen (secondary N) is 2. The minimum atomic E-state index is -0.982. The summed E-state index contributed by atoms with van der Waals surface area (Å²) in [7, 11) is 0. The maximum atomic E-state index is 11.6. The Morgan fingerprint density at radius 1 is 0.958 bits per heavy atom. The van der Waals surface area contributed by atoms with Gasteiger partial charge >= 0.3 is 11.9 Å². The molecule has 0 unspecified atom stereocenters. The van der Waals surface area contributed by atoms with Gasteiger partial charge in [-0.15, -0.1) is 0 Å². The number of esters is 1. The fraction of sp³-hybridized carbons (Fsp3) is 0.118. The maximum absolute atomic E-state index is 11.6. The van der Waals surface area contributed by atoms with Gasteiger partial charge in [0.25, 0.3) is 0 Å². The molecule has 124 valence electrons. The lowest BCUT2D eigenvalue weighted by Crippen LogP contribution is -2.19. The monoisotopic (exact) mass is 344 g/mol. The van der Waals surface area contributed by atoms with Gasteiger partial charge in [0.15, 0.2) is 5.11 Å². The number of carboxylic acid groups (broad SMARTS) is 1. The highest BCUT2D eigenvalue weighted by Gasteiger charge is 2.06. The summed E-state index contributed by atoms with van der Waals surface area (Å²) in [5.41, 5.74) is 2.04. The summed E-state index contributed by atoms with van der Waals surface area (Å²) >= 11 is 5.20. The largest absolute Gasteiger partial charge is 0.478 e. The minimum absolute atomic E-state index is 0.203. The van der Waals surface area contributed by atoms with E-state index in [-0.39, 0.29) is 11.5 Å². The van der Waals surface area contributed by atoms with Crippen molar-refractivity contribution in [2.45, 2.75) is 6.92 Å². The highest BCUT2D eigenvalue weighted by Crippen LogP contribution is 2.13. The van der Waals surface area contributed by atoms with E-state index in [1.807, 2.05) is 0 Å². The molecule has 2 aromatic carbocycles. The number of rotatable bonds is 5. The third-order valence-corrected chi connectivity index (χ3v) is 3.25. The van der Waals surface area contributed by atoms with Gasteiger partial charge in [0.05, 0.1) is 17.7 Å². The summed E-state index contributed by atoms with van der Waals surface area (Å²) in [6.45, 7) is 2.08. The molecule has 0 spiro atoms. The molecule has 24 heavy (non-hydrogen) atoms. The number of aromatic carboxylic acids is 1. The molecule has 7 heteroatoms. The topological polar surface area (TPSA) is 87.7 Å². The van der Waals surface area contributed by atoms with Crippen LogP contribution in [0.3, 0.4) is 0 Å². The van der Waals surface area contributed by atoms with E-state index >= 15 is 0 Å². The normalized spacial score (nSPS) is 9.88. The Hall–Kier alpha value is -2.93. The predicted molar refractivity (Wildman–Crippen MR) is 95.6 cm³/mol. The fourth-order valence-electron chi connectivity index (χ4n) is 1.89. The second-order valence-electron chi connectivity index (χ2n) is 4.76. The molecule has 2 aromatic rings. The second-order valence-corrected chi connectivity index (χ2v) is 5.17. The van der Waals surface area contributed by atoms with E-state index in [1.54, 1.807) is 43.3 Å². The first-order chi connectivity index (χ1) is 11.5. The Morgan fingerprint density at radius 3 is 1.83 bits per heavy atom. The first-order valence-electron chi connectivity index (χ1n) is 7.18. The molecule has 3 N–H and O–H groups in total. The number of carbonyl (C=O) groups excluding carboxylic acids is 1. The molecule has 0 atom stereocenters. The Bertz CT molecular complexity index is 742. The van der Waals surface area contributed by atoms with Gasteiger partial charge in [-0.2, -0.15) is 0 Å². The lowest BCUT2D eigenvalue weighted by atomic mass is 10.2. The zero-order chi connectivity index (χ0) is 17.5. The molecular weight excluding hydrogens is 328 g/mol. The minimum Gasteiger partial charge on any atom is -0.478 e. The van der Waals surface area contributed by atoms with Crippen LogP contribution in [0.1, 0.15) is 27.6 Å². The van der Waals surface area contributed by atoms with Crippen LogP contribution in [0.4, 0.5) is 11.4 Å². The molecule has 0 aliphatic heterocycles. The average molecular weight is 344 g/mol. The van der Waals surface area contributed by atoms with Crippen molar-refractivity contribution in [3.63, 3.8) is 0 Å². The van der Waals surface area contributed by atoms with Crippen molar-refractivity contribution in [1.82, 2.24) is 0 Å². The van der Waals surface area contributed by atoms with Crippen molar-refractivity contribution in [2.75, 3.05) is 17.2 Å². The summed E-state index contributed by atoms with van der Waals surface area (Å²) in [6, 6.07) is 12.9. The van der Waals surface area contributed by atoms with E-state index < -0.39 is 5.97 Å². The van der Waals surface area contributed by atoms with Crippen molar-refractivity contribution in [3.8, 4) is 0 Å². The van der Waals surface area contributed by atoms with Crippen LogP contribution in [0.5, 0.6) is 0 Å². The molecule has 0 aliphatic carbocycles. The van der Waals surface area contributed by atoms with E-state index in [0.29, 0.717) is 28.7 Å². The smallest absolute Gasteiger partial charge is 0.338 e. The average Bonchev–Trinajstić information content (AvgIpc) is 2.56. The van der Waals surface area contributed by atoms with E-state index in [4.69, 9.17) is 22.1 Å². The Labute approximate surface area is 144 Å².